The lowest BCUT2D eigenvalue weighted by Gasteiger charge is -2.31. The minimum atomic E-state index is -3.29. The van der Waals surface area contributed by atoms with Crippen LogP contribution in [-0.2, 0) is 20.6 Å². The van der Waals surface area contributed by atoms with Gasteiger partial charge in [-0.3, -0.25) is 4.79 Å². The number of benzene rings is 1. The maximum Gasteiger partial charge on any atom is 0.275 e. The number of nitrogens with zero attached hydrogens (tertiary/aromatic N) is 1. The van der Waals surface area contributed by atoms with Crippen molar-refractivity contribution in [1.82, 2.24) is 9.62 Å². The van der Waals surface area contributed by atoms with Crippen LogP contribution >= 0.6 is 0 Å². The van der Waals surface area contributed by atoms with E-state index in [4.69, 9.17) is 0 Å². The smallest absolute Gasteiger partial charge is 0.275 e. The summed E-state index contributed by atoms with van der Waals surface area (Å²) in [6.07, 6.45) is 2.43. The van der Waals surface area contributed by atoms with Crippen molar-refractivity contribution < 1.29 is 18.1 Å². The van der Waals surface area contributed by atoms with Gasteiger partial charge in [-0.25, -0.2) is 8.42 Å². The van der Waals surface area contributed by atoms with Gasteiger partial charge in [0.25, 0.3) is 5.91 Å². The molecule has 0 aromatic heterocycles. The predicted octanol–water partition coefficient (Wildman–Crippen LogP) is -0.368. The number of carbonyl (C=O) groups excluding carboxylic acids is 1. The average Bonchev–Trinajstić information content (AvgIpc) is 3.40. The highest BCUT2D eigenvalue weighted by Gasteiger charge is 2.32. The summed E-state index contributed by atoms with van der Waals surface area (Å²) < 4.78 is 26.7. The molecular formula is C18H28N3O3S+. The zero-order valence-corrected chi connectivity index (χ0v) is 15.6. The van der Waals surface area contributed by atoms with Crippen molar-refractivity contribution in [1.29, 1.82) is 0 Å². The summed E-state index contributed by atoms with van der Waals surface area (Å²) in [5.74, 6) is 0.775. The summed E-state index contributed by atoms with van der Waals surface area (Å²) in [7, 11) is -3.29. The number of sulfonamides is 1. The highest BCUT2D eigenvalue weighted by Crippen LogP contribution is 2.32. The molecule has 2 fully saturated rings. The Hall–Kier alpha value is -1.44. The molecule has 2 N–H and O–H groups in total. The number of hydrogen-bond donors (Lipinski definition) is 2. The summed E-state index contributed by atoms with van der Waals surface area (Å²) in [5, 5.41) is 3.07. The van der Waals surface area contributed by atoms with E-state index >= 15 is 0 Å². The van der Waals surface area contributed by atoms with E-state index in [1.807, 2.05) is 30.3 Å². The molecule has 1 aliphatic carbocycles. The maximum absolute atomic E-state index is 12.5. The van der Waals surface area contributed by atoms with Crippen LogP contribution < -0.4 is 10.2 Å². The number of carbonyl (C=O) groups is 1. The molecule has 0 radical (unpaired) electrons. The van der Waals surface area contributed by atoms with Gasteiger partial charge in [0.2, 0.25) is 10.0 Å². The third kappa shape index (κ3) is 5.26. The van der Waals surface area contributed by atoms with Crippen LogP contribution in [0.5, 0.6) is 0 Å². The molecule has 0 spiro atoms. The summed E-state index contributed by atoms with van der Waals surface area (Å²) >= 11 is 0. The summed E-state index contributed by atoms with van der Waals surface area (Å²) in [4.78, 5) is 13.3. The van der Waals surface area contributed by atoms with Gasteiger partial charge in [-0.2, -0.15) is 4.31 Å². The third-order valence-electron chi connectivity index (χ3n) is 5.14. The van der Waals surface area contributed by atoms with E-state index in [9.17, 15) is 13.2 Å². The van der Waals surface area contributed by atoms with Crippen molar-refractivity contribution in [2.75, 3.05) is 32.7 Å². The second-order valence-corrected chi connectivity index (χ2v) is 9.23. The minimum Gasteiger partial charge on any atom is -0.348 e. The molecule has 1 amide bonds. The number of piperazine rings is 1. The van der Waals surface area contributed by atoms with Crippen LogP contribution in [0.4, 0.5) is 0 Å². The molecule has 3 rings (SSSR count). The van der Waals surface area contributed by atoms with Crippen LogP contribution in [0, 0.1) is 5.92 Å². The van der Waals surface area contributed by atoms with Gasteiger partial charge in [0.1, 0.15) is 0 Å². The first-order valence-corrected chi connectivity index (χ1v) is 10.7. The predicted molar refractivity (Wildman–Crippen MR) is 96.5 cm³/mol. The molecule has 1 aliphatic heterocycles. The Kier molecular flexibility index (Phi) is 5.76. The molecule has 6 nitrogen and oxygen atoms in total. The number of rotatable bonds is 7. The van der Waals surface area contributed by atoms with Crippen LogP contribution in [0.1, 0.15) is 25.3 Å². The Morgan fingerprint density at radius 3 is 2.48 bits per heavy atom. The van der Waals surface area contributed by atoms with Crippen LogP contribution in [0.15, 0.2) is 30.3 Å². The Balaban J connectivity index is 1.45. The van der Waals surface area contributed by atoms with Gasteiger partial charge in [-0.05, 0) is 31.2 Å². The average molecular weight is 367 g/mol. The van der Waals surface area contributed by atoms with Gasteiger partial charge in [-0.1, -0.05) is 30.3 Å². The molecule has 138 valence electrons. The van der Waals surface area contributed by atoms with Gasteiger partial charge in [0, 0.05) is 6.04 Å². The normalized spacial score (nSPS) is 21.0. The van der Waals surface area contributed by atoms with Gasteiger partial charge in [-0.15, -0.1) is 0 Å². The van der Waals surface area contributed by atoms with Crippen molar-refractivity contribution >= 4 is 15.9 Å². The zero-order chi connectivity index (χ0) is 17.9. The molecule has 1 atom stereocenters. The summed E-state index contributed by atoms with van der Waals surface area (Å²) in [5.41, 5.74) is 0.811. The van der Waals surface area contributed by atoms with E-state index in [1.54, 1.807) is 4.31 Å². The molecule has 0 bridgehead atoms. The Labute approximate surface area is 150 Å². The first-order valence-electron chi connectivity index (χ1n) is 9.09. The first kappa shape index (κ1) is 18.4. The van der Waals surface area contributed by atoms with Gasteiger partial charge in [0.15, 0.2) is 6.54 Å². The van der Waals surface area contributed by atoms with Crippen molar-refractivity contribution in [2.24, 2.45) is 5.92 Å². The molecule has 25 heavy (non-hydrogen) atoms. The second kappa shape index (κ2) is 7.85. The number of hydrogen-bond acceptors (Lipinski definition) is 3. The van der Waals surface area contributed by atoms with Crippen LogP contribution in [-0.4, -0.2) is 57.4 Å². The van der Waals surface area contributed by atoms with Crippen LogP contribution in [0.2, 0.25) is 0 Å². The van der Waals surface area contributed by atoms with Crippen molar-refractivity contribution in [2.45, 2.75) is 31.6 Å². The minimum absolute atomic E-state index is 0.0442. The SMILES string of the molecule is C[C@H](NC(=O)C[NH+]1CCN(S(=O)(=O)Cc2ccccc2)CC1)C1CC1. The van der Waals surface area contributed by atoms with Crippen molar-refractivity contribution in [3.63, 3.8) is 0 Å². The molecule has 1 heterocycles. The van der Waals surface area contributed by atoms with E-state index in [2.05, 4.69) is 12.2 Å². The highest BCUT2D eigenvalue weighted by molar-refractivity contribution is 7.88. The molecule has 2 aliphatic rings. The van der Waals surface area contributed by atoms with Crippen molar-refractivity contribution in [3.8, 4) is 0 Å². The third-order valence-corrected chi connectivity index (χ3v) is 6.99. The van der Waals surface area contributed by atoms with E-state index in [0.29, 0.717) is 38.6 Å². The molecule has 1 saturated heterocycles. The summed E-state index contributed by atoms with van der Waals surface area (Å²) in [6, 6.07) is 9.53. The van der Waals surface area contributed by atoms with Crippen LogP contribution in [0.3, 0.4) is 0 Å². The van der Waals surface area contributed by atoms with Gasteiger partial charge >= 0.3 is 0 Å². The van der Waals surface area contributed by atoms with E-state index in [-0.39, 0.29) is 17.7 Å². The Bertz CT molecular complexity index is 681. The first-order chi connectivity index (χ1) is 11.9. The van der Waals surface area contributed by atoms with Crippen molar-refractivity contribution in [3.05, 3.63) is 35.9 Å². The monoisotopic (exact) mass is 366 g/mol. The fourth-order valence-corrected chi connectivity index (χ4v) is 4.91. The standard InChI is InChI=1S/C18H27N3O3S/c1-15(17-7-8-17)19-18(22)13-20-9-11-21(12-10-20)25(23,24)14-16-5-3-2-4-6-16/h2-6,15,17H,7-14H2,1H3,(H,19,22)/p+1/t15-/m0/s1. The van der Waals surface area contributed by atoms with Gasteiger partial charge < -0.3 is 10.2 Å². The quantitative estimate of drug-likeness (QED) is 0.692. The van der Waals surface area contributed by atoms with E-state index in [1.165, 1.54) is 12.8 Å². The largest absolute Gasteiger partial charge is 0.348 e. The molecule has 1 aromatic carbocycles. The summed E-state index contributed by atoms with van der Waals surface area (Å²) in [6.45, 7) is 4.83. The van der Waals surface area contributed by atoms with Gasteiger partial charge in [0.05, 0.1) is 31.9 Å². The topological polar surface area (TPSA) is 70.9 Å². The number of amides is 1. The maximum atomic E-state index is 12.5. The van der Waals surface area contributed by atoms with E-state index < -0.39 is 10.0 Å². The molecular weight excluding hydrogens is 338 g/mol. The lowest BCUT2D eigenvalue weighted by Crippen LogP contribution is -3.15. The Morgan fingerprint density at radius 1 is 1.24 bits per heavy atom. The zero-order valence-electron chi connectivity index (χ0n) is 14.8. The molecule has 1 saturated carbocycles. The Morgan fingerprint density at radius 2 is 1.88 bits per heavy atom. The molecule has 7 heteroatoms. The fourth-order valence-electron chi connectivity index (χ4n) is 3.38. The number of nitrogens with one attached hydrogen (secondary N) is 2. The molecule has 0 unspecified atom stereocenters. The van der Waals surface area contributed by atoms with Crippen LogP contribution in [0.25, 0.3) is 0 Å². The lowest BCUT2D eigenvalue weighted by molar-refractivity contribution is -0.895. The highest BCUT2D eigenvalue weighted by atomic mass is 32.2. The second-order valence-electron chi connectivity index (χ2n) is 7.26. The molecule has 1 aromatic rings. The fraction of sp³-hybridized carbons (Fsp3) is 0.611. The lowest BCUT2D eigenvalue weighted by atomic mass is 10.2. The number of quaternary nitrogens is 1. The van der Waals surface area contributed by atoms with E-state index in [0.717, 1.165) is 10.5 Å².